The third kappa shape index (κ3) is 1.19. The molecule has 0 bridgehead atoms. The molecule has 0 aromatic rings. The summed E-state index contributed by atoms with van der Waals surface area (Å²) in [4.78, 5) is 22.3. The minimum atomic E-state index is -1.14. The quantitative estimate of drug-likeness (QED) is 0.496. The first-order chi connectivity index (χ1) is 5.04. The van der Waals surface area contributed by atoms with Crippen molar-refractivity contribution in [3.05, 3.63) is 0 Å². The number of carbonyl (C=O) groups excluding carboxylic acids is 1. The average Bonchev–Trinajstić information content (AvgIpc) is 2.17. The Hall–Kier alpha value is -1.10. The van der Waals surface area contributed by atoms with Gasteiger partial charge in [-0.05, 0) is 0 Å². The third-order valence-corrected chi connectivity index (χ3v) is 1.83. The van der Waals surface area contributed by atoms with E-state index >= 15 is 0 Å². The van der Waals surface area contributed by atoms with Crippen molar-refractivity contribution in [3.63, 3.8) is 0 Å². The van der Waals surface area contributed by atoms with E-state index in [1.54, 1.807) is 0 Å². The first-order valence-electron chi connectivity index (χ1n) is 3.21. The fourth-order valence-electron chi connectivity index (χ4n) is 1.13. The molecule has 0 unspecified atom stereocenters. The van der Waals surface area contributed by atoms with Crippen LogP contribution in [0.25, 0.3) is 0 Å². The molecule has 1 aliphatic heterocycles. The Morgan fingerprint density at radius 3 is 2.45 bits per heavy atom. The summed E-state index contributed by atoms with van der Waals surface area (Å²) in [6.45, 7) is 0. The Kier molecular flexibility index (Phi) is 1.82. The molecule has 2 N–H and O–H groups in total. The number of carbonyl (C=O) groups is 2. The van der Waals surface area contributed by atoms with E-state index in [1.807, 2.05) is 0 Å². The Labute approximate surface area is 63.2 Å². The molecule has 11 heavy (non-hydrogen) atoms. The molecule has 1 aliphatic rings. The molecule has 1 amide bonds. The summed E-state index contributed by atoms with van der Waals surface area (Å²) >= 11 is 0. The van der Waals surface area contributed by atoms with Crippen molar-refractivity contribution >= 4 is 11.9 Å². The van der Waals surface area contributed by atoms with Gasteiger partial charge in [-0.25, -0.2) is 4.79 Å². The maximum atomic E-state index is 10.8. The van der Waals surface area contributed by atoms with E-state index in [-0.39, 0.29) is 6.42 Å². The minimum Gasteiger partial charge on any atom is -0.480 e. The highest BCUT2D eigenvalue weighted by molar-refractivity contribution is 5.90. The number of rotatable bonds is 1. The van der Waals surface area contributed by atoms with Crippen LogP contribution in [0.15, 0.2) is 0 Å². The summed E-state index contributed by atoms with van der Waals surface area (Å²) in [6.07, 6.45) is -1.15. The summed E-state index contributed by atoms with van der Waals surface area (Å²) in [6, 6.07) is -0.863. The first kappa shape index (κ1) is 8.00. The van der Waals surface area contributed by atoms with E-state index in [4.69, 9.17) is 10.2 Å². The number of aliphatic carboxylic acids is 1. The van der Waals surface area contributed by atoms with Gasteiger partial charge in [0, 0.05) is 13.5 Å². The summed E-state index contributed by atoms with van der Waals surface area (Å²) in [7, 11) is 1.37. The number of likely N-dealkylation sites (N-methyl/N-ethyl adjacent to an activating group) is 1. The Morgan fingerprint density at radius 2 is 2.27 bits per heavy atom. The Balaban J connectivity index is 2.75. The molecule has 5 heteroatoms. The molecule has 1 heterocycles. The fourth-order valence-corrected chi connectivity index (χ4v) is 1.13. The lowest BCUT2D eigenvalue weighted by atomic mass is 10.2. The third-order valence-electron chi connectivity index (χ3n) is 1.83. The number of amides is 1. The van der Waals surface area contributed by atoms with Crippen molar-refractivity contribution in [2.45, 2.75) is 18.6 Å². The molecular formula is C6H9NO4. The number of aliphatic hydroxyl groups is 1. The first-order valence-corrected chi connectivity index (χ1v) is 3.21. The van der Waals surface area contributed by atoms with Crippen molar-refractivity contribution in [1.29, 1.82) is 0 Å². The van der Waals surface area contributed by atoms with Crippen LogP contribution in [0.1, 0.15) is 6.42 Å². The predicted molar refractivity (Wildman–Crippen MR) is 34.8 cm³/mol. The number of hydrogen-bond donors (Lipinski definition) is 2. The van der Waals surface area contributed by atoms with Gasteiger partial charge in [-0.1, -0.05) is 0 Å². The Bertz CT molecular complexity index is 203. The van der Waals surface area contributed by atoms with Crippen molar-refractivity contribution in [3.8, 4) is 0 Å². The number of hydrogen-bond acceptors (Lipinski definition) is 3. The van der Waals surface area contributed by atoms with Gasteiger partial charge in [-0.15, -0.1) is 0 Å². The summed E-state index contributed by atoms with van der Waals surface area (Å²) in [5.74, 6) is -1.59. The number of carboxylic acids is 1. The number of aliphatic hydroxyl groups excluding tert-OH is 1. The number of nitrogens with zero attached hydrogens (tertiary/aromatic N) is 1. The van der Waals surface area contributed by atoms with E-state index < -0.39 is 24.0 Å². The topological polar surface area (TPSA) is 77.8 Å². The normalized spacial score (nSPS) is 31.1. The zero-order chi connectivity index (χ0) is 8.59. The van der Waals surface area contributed by atoms with E-state index in [2.05, 4.69) is 0 Å². The van der Waals surface area contributed by atoms with E-state index in [9.17, 15) is 9.59 Å². The Morgan fingerprint density at radius 1 is 1.73 bits per heavy atom. The molecule has 62 valence electrons. The van der Waals surface area contributed by atoms with Gasteiger partial charge in [0.25, 0.3) is 5.91 Å². The zero-order valence-corrected chi connectivity index (χ0v) is 6.02. The molecular weight excluding hydrogens is 150 g/mol. The maximum absolute atomic E-state index is 10.8. The standard InChI is InChI=1S/C6H9NO4/c1-7-3(6(10)11)2-4(8)5(7)9/h3-4,8H,2H2,1H3,(H,10,11)/t3-,4+/m0/s1. The molecule has 0 spiro atoms. The molecule has 0 saturated carbocycles. The van der Waals surface area contributed by atoms with Gasteiger partial charge >= 0.3 is 5.97 Å². The van der Waals surface area contributed by atoms with Gasteiger partial charge in [-0.2, -0.15) is 0 Å². The van der Waals surface area contributed by atoms with Crippen LogP contribution in [0.3, 0.4) is 0 Å². The van der Waals surface area contributed by atoms with E-state index in [0.717, 1.165) is 4.90 Å². The fraction of sp³-hybridized carbons (Fsp3) is 0.667. The smallest absolute Gasteiger partial charge is 0.326 e. The van der Waals surface area contributed by atoms with Crippen LogP contribution < -0.4 is 0 Å². The summed E-state index contributed by atoms with van der Waals surface area (Å²) in [5, 5.41) is 17.4. The molecule has 0 aromatic carbocycles. The minimum absolute atomic E-state index is 0.00926. The van der Waals surface area contributed by atoms with Crippen LogP contribution in [-0.2, 0) is 9.59 Å². The second-order valence-corrected chi connectivity index (χ2v) is 2.55. The number of carboxylic acid groups (broad SMARTS) is 1. The second-order valence-electron chi connectivity index (χ2n) is 2.55. The van der Waals surface area contributed by atoms with Crippen molar-refractivity contribution in [2.75, 3.05) is 7.05 Å². The van der Waals surface area contributed by atoms with Crippen LogP contribution in [0.2, 0.25) is 0 Å². The monoisotopic (exact) mass is 159 g/mol. The molecule has 1 saturated heterocycles. The highest BCUT2D eigenvalue weighted by Gasteiger charge is 2.39. The lowest BCUT2D eigenvalue weighted by molar-refractivity contribution is -0.145. The molecule has 0 aliphatic carbocycles. The van der Waals surface area contributed by atoms with Gasteiger partial charge < -0.3 is 15.1 Å². The van der Waals surface area contributed by atoms with Gasteiger partial charge in [-0.3, -0.25) is 4.79 Å². The molecule has 0 radical (unpaired) electrons. The van der Waals surface area contributed by atoms with Gasteiger partial charge in [0.1, 0.15) is 12.1 Å². The predicted octanol–water partition coefficient (Wildman–Crippen LogP) is -1.34. The van der Waals surface area contributed by atoms with Gasteiger partial charge in [0.2, 0.25) is 0 Å². The summed E-state index contributed by atoms with van der Waals surface area (Å²) < 4.78 is 0. The second kappa shape index (κ2) is 2.50. The largest absolute Gasteiger partial charge is 0.480 e. The molecule has 5 nitrogen and oxygen atoms in total. The van der Waals surface area contributed by atoms with Crippen LogP contribution in [0.5, 0.6) is 0 Å². The van der Waals surface area contributed by atoms with Gasteiger partial charge in [0.15, 0.2) is 0 Å². The van der Waals surface area contributed by atoms with E-state index in [0.29, 0.717) is 0 Å². The average molecular weight is 159 g/mol. The molecule has 0 aromatic heterocycles. The van der Waals surface area contributed by atoms with Crippen LogP contribution in [-0.4, -0.2) is 46.2 Å². The van der Waals surface area contributed by atoms with Crippen molar-refractivity contribution < 1.29 is 19.8 Å². The molecule has 1 fully saturated rings. The van der Waals surface area contributed by atoms with Crippen LogP contribution in [0, 0.1) is 0 Å². The SMILES string of the molecule is CN1C(=O)[C@H](O)C[C@H]1C(=O)O. The number of likely N-dealkylation sites (tertiary alicyclic amines) is 1. The van der Waals surface area contributed by atoms with Crippen molar-refractivity contribution in [2.24, 2.45) is 0 Å². The molecule has 2 atom stereocenters. The highest BCUT2D eigenvalue weighted by Crippen LogP contribution is 2.16. The lowest BCUT2D eigenvalue weighted by Crippen LogP contribution is -2.35. The lowest BCUT2D eigenvalue weighted by Gasteiger charge is -2.13. The van der Waals surface area contributed by atoms with Crippen LogP contribution in [0.4, 0.5) is 0 Å². The zero-order valence-electron chi connectivity index (χ0n) is 6.02. The van der Waals surface area contributed by atoms with Crippen LogP contribution >= 0.6 is 0 Å². The highest BCUT2D eigenvalue weighted by atomic mass is 16.4. The van der Waals surface area contributed by atoms with Crippen molar-refractivity contribution in [1.82, 2.24) is 4.90 Å². The summed E-state index contributed by atoms with van der Waals surface area (Å²) in [5.41, 5.74) is 0. The van der Waals surface area contributed by atoms with E-state index in [1.165, 1.54) is 7.05 Å². The maximum Gasteiger partial charge on any atom is 0.326 e. The van der Waals surface area contributed by atoms with Gasteiger partial charge in [0.05, 0.1) is 0 Å². The molecule has 1 rings (SSSR count).